The van der Waals surface area contributed by atoms with Crippen LogP contribution in [0.4, 0.5) is 5.13 Å². The third kappa shape index (κ3) is 5.49. The number of nitrogens with zero attached hydrogens (tertiary/aromatic N) is 4. The second-order valence-corrected chi connectivity index (χ2v) is 9.68. The van der Waals surface area contributed by atoms with Gasteiger partial charge in [0.1, 0.15) is 11.8 Å². The number of carbonyl (C=O) groups is 1. The number of aliphatic hydroxyl groups excluding tert-OH is 1. The predicted octanol–water partition coefficient (Wildman–Crippen LogP) is 3.39. The highest BCUT2D eigenvalue weighted by Gasteiger charge is 2.27. The van der Waals surface area contributed by atoms with E-state index in [-0.39, 0.29) is 24.7 Å². The molecule has 1 aliphatic heterocycles. The van der Waals surface area contributed by atoms with E-state index >= 15 is 0 Å². The fraction of sp³-hybridized carbons (Fsp3) is 0.545. The van der Waals surface area contributed by atoms with E-state index in [0.717, 1.165) is 56.7 Å². The molecule has 2 aliphatic rings. The first kappa shape index (κ1) is 22.8. The summed E-state index contributed by atoms with van der Waals surface area (Å²) < 4.78 is 6.01. The van der Waals surface area contributed by atoms with Gasteiger partial charge in [-0.15, -0.1) is 10.2 Å². The van der Waals surface area contributed by atoms with Gasteiger partial charge in [-0.3, -0.25) is 4.79 Å². The van der Waals surface area contributed by atoms with Crippen molar-refractivity contribution in [3.05, 3.63) is 33.8 Å². The quantitative estimate of drug-likeness (QED) is 0.658. The molecular weight excluding hydrogens is 450 g/mol. The Hall–Kier alpha value is -2.41. The maximum atomic E-state index is 12.7. The second-order valence-electron chi connectivity index (χ2n) is 8.32. The first-order valence-electron chi connectivity index (χ1n) is 10.9. The van der Waals surface area contributed by atoms with E-state index in [2.05, 4.69) is 20.4 Å². The van der Waals surface area contributed by atoms with E-state index < -0.39 is 0 Å². The number of aliphatic hydroxyl groups is 1. The monoisotopic (exact) mass is 475 g/mol. The minimum absolute atomic E-state index is 0.0575. The number of aromatic nitrogens is 2. The summed E-state index contributed by atoms with van der Waals surface area (Å²) in [7, 11) is 0. The maximum Gasteiger partial charge on any atom is 0.282 e. The smallest absolute Gasteiger partial charge is 0.282 e. The number of nitrogens with one attached hydrogen (secondary N) is 1. The molecule has 0 unspecified atom stereocenters. The minimum atomic E-state index is -0.178. The van der Waals surface area contributed by atoms with Crippen molar-refractivity contribution in [3.63, 3.8) is 0 Å². The van der Waals surface area contributed by atoms with Gasteiger partial charge in [0.05, 0.1) is 16.7 Å². The molecule has 1 aromatic heterocycles. The highest BCUT2D eigenvalue weighted by atomic mass is 35.5. The molecule has 2 fully saturated rings. The van der Waals surface area contributed by atoms with Crippen LogP contribution in [0.25, 0.3) is 0 Å². The number of hydrogen-bond acceptors (Lipinski definition) is 8. The average Bonchev–Trinajstić information content (AvgIpc) is 3.31. The van der Waals surface area contributed by atoms with Gasteiger partial charge in [-0.2, -0.15) is 5.26 Å². The molecule has 170 valence electrons. The molecule has 0 bridgehead atoms. The molecular formula is C22H26ClN5O3S. The second kappa shape index (κ2) is 10.5. The minimum Gasteiger partial charge on any atom is -0.490 e. The summed E-state index contributed by atoms with van der Waals surface area (Å²) >= 11 is 7.40. The predicted molar refractivity (Wildman–Crippen MR) is 122 cm³/mol. The van der Waals surface area contributed by atoms with Gasteiger partial charge >= 0.3 is 0 Å². The zero-order chi connectivity index (χ0) is 22.5. The molecule has 1 saturated carbocycles. The van der Waals surface area contributed by atoms with Crippen LogP contribution in [0.3, 0.4) is 0 Å². The lowest BCUT2D eigenvalue weighted by molar-refractivity contribution is 0.0893. The molecule has 2 heterocycles. The topological polar surface area (TPSA) is 111 Å². The van der Waals surface area contributed by atoms with Crippen LogP contribution in [0.5, 0.6) is 5.75 Å². The Labute approximate surface area is 196 Å². The molecule has 0 radical (unpaired) electrons. The van der Waals surface area contributed by atoms with Crippen molar-refractivity contribution in [2.45, 2.75) is 50.7 Å². The number of halogens is 1. The summed E-state index contributed by atoms with van der Waals surface area (Å²) in [5, 5.41) is 31.2. The van der Waals surface area contributed by atoms with Gasteiger partial charge in [-0.25, -0.2) is 0 Å². The number of amides is 1. The molecule has 8 nitrogen and oxygen atoms in total. The number of piperidine rings is 1. The highest BCUT2D eigenvalue weighted by Crippen LogP contribution is 2.29. The van der Waals surface area contributed by atoms with Gasteiger partial charge < -0.3 is 20.1 Å². The lowest BCUT2D eigenvalue weighted by atomic mass is 9.93. The first-order chi connectivity index (χ1) is 15.6. The molecule has 2 aromatic rings. The molecule has 1 amide bonds. The summed E-state index contributed by atoms with van der Waals surface area (Å²) in [5.74, 6) is 0.836. The van der Waals surface area contributed by atoms with Crippen molar-refractivity contribution in [2.75, 3.05) is 24.6 Å². The van der Waals surface area contributed by atoms with Gasteiger partial charge in [-0.1, -0.05) is 22.9 Å². The number of carbonyl (C=O) groups excluding carboxylic acids is 1. The average molecular weight is 476 g/mol. The van der Waals surface area contributed by atoms with Crippen LogP contribution in [-0.4, -0.2) is 53.1 Å². The van der Waals surface area contributed by atoms with Crippen molar-refractivity contribution in [3.8, 4) is 11.8 Å². The van der Waals surface area contributed by atoms with E-state index in [4.69, 9.17) is 21.6 Å². The zero-order valence-electron chi connectivity index (χ0n) is 17.7. The Morgan fingerprint density at radius 2 is 2.00 bits per heavy atom. The van der Waals surface area contributed by atoms with Crippen LogP contribution in [0, 0.1) is 17.2 Å². The normalized spacial score (nSPS) is 21.7. The lowest BCUT2D eigenvalue weighted by Gasteiger charge is -2.30. The number of nitriles is 1. The lowest BCUT2D eigenvalue weighted by Crippen LogP contribution is -2.39. The fourth-order valence-electron chi connectivity index (χ4n) is 4.17. The van der Waals surface area contributed by atoms with Crippen molar-refractivity contribution in [2.24, 2.45) is 5.92 Å². The summed E-state index contributed by atoms with van der Waals surface area (Å²) in [5.41, 5.74) is 0.430. The Morgan fingerprint density at radius 1 is 1.25 bits per heavy atom. The summed E-state index contributed by atoms with van der Waals surface area (Å²) in [6, 6.07) is 7.22. The Morgan fingerprint density at radius 3 is 2.66 bits per heavy atom. The van der Waals surface area contributed by atoms with Crippen molar-refractivity contribution >= 4 is 34.0 Å². The summed E-state index contributed by atoms with van der Waals surface area (Å²) in [4.78, 5) is 14.8. The van der Waals surface area contributed by atoms with Gasteiger partial charge in [0.2, 0.25) is 10.1 Å². The number of rotatable bonds is 6. The highest BCUT2D eigenvalue weighted by molar-refractivity contribution is 7.17. The van der Waals surface area contributed by atoms with Crippen LogP contribution < -0.4 is 15.0 Å². The van der Waals surface area contributed by atoms with E-state index in [0.29, 0.717) is 27.3 Å². The Bertz CT molecular complexity index is 978. The van der Waals surface area contributed by atoms with E-state index in [9.17, 15) is 9.90 Å². The Balaban J connectivity index is 1.24. The molecule has 0 atom stereocenters. The van der Waals surface area contributed by atoms with Gasteiger partial charge in [0.25, 0.3) is 5.91 Å². The molecule has 32 heavy (non-hydrogen) atoms. The van der Waals surface area contributed by atoms with Gasteiger partial charge in [-0.05, 0) is 56.6 Å². The first-order valence-corrected chi connectivity index (χ1v) is 12.1. The largest absolute Gasteiger partial charge is 0.490 e. The Kier molecular flexibility index (Phi) is 7.45. The number of hydrogen-bond donors (Lipinski definition) is 2. The van der Waals surface area contributed by atoms with Crippen LogP contribution in [-0.2, 0) is 0 Å². The van der Waals surface area contributed by atoms with Crippen molar-refractivity contribution in [1.29, 1.82) is 5.26 Å². The zero-order valence-corrected chi connectivity index (χ0v) is 19.2. The molecule has 4 rings (SSSR count). The van der Waals surface area contributed by atoms with E-state index in [1.165, 1.54) is 11.3 Å². The number of benzene rings is 1. The molecule has 0 spiro atoms. The van der Waals surface area contributed by atoms with Crippen LogP contribution in [0.15, 0.2) is 18.2 Å². The fourth-order valence-corrected chi connectivity index (χ4v) is 5.18. The van der Waals surface area contributed by atoms with Crippen LogP contribution >= 0.6 is 22.9 Å². The third-order valence-corrected chi connectivity index (χ3v) is 7.42. The molecule has 1 saturated heterocycles. The molecule has 1 aliphatic carbocycles. The standard InChI is InChI=1S/C22H26ClN5O3S/c23-19-11-18(4-1-15(19)12-24)31-17-5-2-16(3-6-17)25-20(30)21-26-27-22(32-21)28-9-7-14(13-29)8-10-28/h1,4,11,14,16-17,29H,2-3,5-10,13H2,(H,25,30)/t16-,17-. The van der Waals surface area contributed by atoms with Crippen LogP contribution in [0.1, 0.15) is 53.9 Å². The third-order valence-electron chi connectivity index (χ3n) is 6.13. The summed E-state index contributed by atoms with van der Waals surface area (Å²) in [6.45, 7) is 1.89. The van der Waals surface area contributed by atoms with Crippen LogP contribution in [0.2, 0.25) is 5.02 Å². The van der Waals surface area contributed by atoms with Crippen molar-refractivity contribution in [1.82, 2.24) is 15.5 Å². The van der Waals surface area contributed by atoms with Gasteiger partial charge in [0.15, 0.2) is 0 Å². The molecule has 1 aromatic carbocycles. The molecule has 2 N–H and O–H groups in total. The number of anilines is 1. The van der Waals surface area contributed by atoms with Crippen molar-refractivity contribution < 1.29 is 14.6 Å². The molecule has 10 heteroatoms. The van der Waals surface area contributed by atoms with E-state index in [1.54, 1.807) is 18.2 Å². The van der Waals surface area contributed by atoms with E-state index in [1.807, 2.05) is 6.07 Å². The summed E-state index contributed by atoms with van der Waals surface area (Å²) in [6.07, 6.45) is 5.20. The van der Waals surface area contributed by atoms with Gasteiger partial charge in [0, 0.05) is 31.8 Å². The maximum absolute atomic E-state index is 12.7. The SMILES string of the molecule is N#Cc1ccc(O[C@H]2CC[C@H](NC(=O)c3nnc(N4CCC(CO)CC4)s3)CC2)cc1Cl. The number of ether oxygens (including phenoxy) is 1.